The molecule has 1 atom stereocenters. The minimum atomic E-state index is -1.23. The molecule has 0 fully saturated rings. The number of hydrogen-bond acceptors (Lipinski definition) is 5. The summed E-state index contributed by atoms with van der Waals surface area (Å²) in [5, 5.41) is 22.3. The number of amides is 4. The maximum atomic E-state index is 13.0. The van der Waals surface area contributed by atoms with Gasteiger partial charge in [0.05, 0.1) is 11.1 Å². The highest BCUT2D eigenvalue weighted by Crippen LogP contribution is 2.27. The summed E-state index contributed by atoms with van der Waals surface area (Å²) in [6.45, 7) is 4.24. The monoisotopic (exact) mass is 467 g/mol. The number of nitrogens with one attached hydrogen (secondary N) is 1. The van der Waals surface area contributed by atoms with Gasteiger partial charge in [0.25, 0.3) is 11.8 Å². The van der Waals surface area contributed by atoms with Crippen LogP contribution < -0.4 is 5.32 Å². The Morgan fingerprint density at radius 2 is 1.68 bits per heavy atom. The van der Waals surface area contributed by atoms with Gasteiger partial charge in [-0.2, -0.15) is 0 Å². The first-order chi connectivity index (χ1) is 16.2. The van der Waals surface area contributed by atoms with Crippen LogP contribution in [0.1, 0.15) is 53.0 Å². The van der Waals surface area contributed by atoms with E-state index in [2.05, 4.69) is 5.32 Å². The van der Waals surface area contributed by atoms with Gasteiger partial charge >= 0.3 is 12.0 Å². The fraction of sp³-hybridized carbons (Fsp3) is 0.360. The topological polar surface area (TPSA) is 127 Å². The standard InChI is InChI=1S/C25H29N3O6/c1-16(2)10-12-27(25(34)26-15-17-6-4-3-5-7-17)21(24(32)33)11-13-28-22(30)19-9-8-18(29)14-20(19)23(28)31/h3-9,14,16,21,29H,10-13,15H2,1-2H3,(H,26,34)(H,32,33)/t21-/m1/s1. The Bertz CT molecular complexity index is 1070. The van der Waals surface area contributed by atoms with Crippen LogP contribution in [0.3, 0.4) is 0 Å². The molecule has 34 heavy (non-hydrogen) atoms. The number of carboxylic acid groups (broad SMARTS) is 1. The molecule has 3 N–H and O–H groups in total. The summed E-state index contributed by atoms with van der Waals surface area (Å²) < 4.78 is 0. The lowest BCUT2D eigenvalue weighted by Crippen LogP contribution is -2.51. The van der Waals surface area contributed by atoms with Gasteiger partial charge in [0.2, 0.25) is 0 Å². The van der Waals surface area contributed by atoms with Crippen molar-refractivity contribution in [1.29, 1.82) is 0 Å². The molecule has 0 spiro atoms. The van der Waals surface area contributed by atoms with E-state index in [4.69, 9.17) is 0 Å². The maximum Gasteiger partial charge on any atom is 0.326 e. The number of hydrogen-bond donors (Lipinski definition) is 3. The molecule has 0 unspecified atom stereocenters. The Morgan fingerprint density at radius 3 is 2.32 bits per heavy atom. The van der Waals surface area contributed by atoms with Crippen LogP contribution in [0.15, 0.2) is 48.5 Å². The van der Waals surface area contributed by atoms with E-state index in [1.54, 1.807) is 0 Å². The number of urea groups is 1. The van der Waals surface area contributed by atoms with Crippen LogP contribution in [0.5, 0.6) is 5.75 Å². The van der Waals surface area contributed by atoms with Gasteiger partial charge in [0.15, 0.2) is 0 Å². The Balaban J connectivity index is 1.73. The zero-order valence-corrected chi connectivity index (χ0v) is 19.2. The van der Waals surface area contributed by atoms with Crippen molar-refractivity contribution in [2.45, 2.75) is 39.3 Å². The molecule has 1 heterocycles. The quantitative estimate of drug-likeness (QED) is 0.461. The van der Waals surface area contributed by atoms with Crippen LogP contribution >= 0.6 is 0 Å². The van der Waals surface area contributed by atoms with Crippen LogP contribution in [0.2, 0.25) is 0 Å². The number of rotatable bonds is 10. The average molecular weight is 468 g/mol. The Hall–Kier alpha value is -3.88. The predicted octanol–water partition coefficient (Wildman–Crippen LogP) is 3.09. The number of carbonyl (C=O) groups excluding carboxylic acids is 3. The van der Waals surface area contributed by atoms with E-state index in [-0.39, 0.29) is 48.8 Å². The molecule has 0 radical (unpaired) electrons. The molecule has 1 aliphatic heterocycles. The smallest absolute Gasteiger partial charge is 0.326 e. The first-order valence-corrected chi connectivity index (χ1v) is 11.2. The molecule has 2 aromatic carbocycles. The first kappa shape index (κ1) is 24.8. The average Bonchev–Trinajstić information content (AvgIpc) is 3.03. The second kappa shape index (κ2) is 10.8. The molecular formula is C25H29N3O6. The van der Waals surface area contributed by atoms with Crippen molar-refractivity contribution in [3.05, 3.63) is 65.2 Å². The third-order valence-electron chi connectivity index (χ3n) is 5.74. The zero-order valence-electron chi connectivity index (χ0n) is 19.2. The number of aliphatic carboxylic acids is 1. The van der Waals surface area contributed by atoms with Crippen LogP contribution in [-0.2, 0) is 11.3 Å². The number of carbonyl (C=O) groups is 4. The van der Waals surface area contributed by atoms with E-state index in [0.29, 0.717) is 6.42 Å². The summed E-state index contributed by atoms with van der Waals surface area (Å²) in [6, 6.07) is 11.4. The Morgan fingerprint density at radius 1 is 1.00 bits per heavy atom. The van der Waals surface area contributed by atoms with Gasteiger partial charge in [-0.25, -0.2) is 9.59 Å². The molecule has 0 saturated heterocycles. The van der Waals surface area contributed by atoms with Gasteiger partial charge < -0.3 is 20.4 Å². The third kappa shape index (κ3) is 5.72. The summed E-state index contributed by atoms with van der Waals surface area (Å²) in [7, 11) is 0. The van der Waals surface area contributed by atoms with E-state index in [1.165, 1.54) is 23.1 Å². The minimum absolute atomic E-state index is 0.0779. The molecule has 4 amide bonds. The van der Waals surface area contributed by atoms with E-state index >= 15 is 0 Å². The summed E-state index contributed by atoms with van der Waals surface area (Å²) in [4.78, 5) is 52.7. The SMILES string of the molecule is CC(C)CCN(C(=O)NCc1ccccc1)[C@H](CCN1C(=O)c2ccc(O)cc2C1=O)C(=O)O. The highest BCUT2D eigenvalue weighted by molar-refractivity contribution is 6.21. The number of nitrogens with zero attached hydrogens (tertiary/aromatic N) is 2. The molecule has 180 valence electrons. The molecule has 9 nitrogen and oxygen atoms in total. The number of carboxylic acids is 1. The highest BCUT2D eigenvalue weighted by atomic mass is 16.4. The third-order valence-corrected chi connectivity index (χ3v) is 5.74. The molecule has 3 rings (SSSR count). The van der Waals surface area contributed by atoms with Gasteiger partial charge in [0, 0.05) is 19.6 Å². The van der Waals surface area contributed by atoms with E-state index < -0.39 is 29.9 Å². The molecule has 1 aliphatic rings. The number of phenolic OH excluding ortho intramolecular Hbond substituents is 1. The maximum absolute atomic E-state index is 13.0. The number of phenols is 1. The Kier molecular flexibility index (Phi) is 7.88. The fourth-order valence-electron chi connectivity index (χ4n) is 3.82. The first-order valence-electron chi connectivity index (χ1n) is 11.2. The van der Waals surface area contributed by atoms with Gasteiger partial charge in [-0.3, -0.25) is 14.5 Å². The van der Waals surface area contributed by atoms with Crippen molar-refractivity contribution in [3.8, 4) is 5.75 Å². The summed E-state index contributed by atoms with van der Waals surface area (Å²) in [5.41, 5.74) is 1.11. The van der Waals surface area contributed by atoms with Crippen molar-refractivity contribution in [3.63, 3.8) is 0 Å². The lowest BCUT2D eigenvalue weighted by atomic mass is 10.1. The predicted molar refractivity (Wildman–Crippen MR) is 124 cm³/mol. The van der Waals surface area contributed by atoms with E-state index in [0.717, 1.165) is 10.5 Å². The highest BCUT2D eigenvalue weighted by Gasteiger charge is 2.37. The lowest BCUT2D eigenvalue weighted by Gasteiger charge is -2.30. The molecule has 2 aromatic rings. The van der Waals surface area contributed by atoms with Gasteiger partial charge in [-0.1, -0.05) is 44.2 Å². The van der Waals surface area contributed by atoms with Crippen molar-refractivity contribution in [1.82, 2.24) is 15.1 Å². The molecule has 9 heteroatoms. The summed E-state index contributed by atoms with van der Waals surface area (Å²) in [6.07, 6.45) is 0.471. The number of imide groups is 1. The fourth-order valence-corrected chi connectivity index (χ4v) is 3.82. The molecule has 0 aliphatic carbocycles. The number of aromatic hydroxyl groups is 1. The molecular weight excluding hydrogens is 438 g/mol. The molecule has 0 saturated carbocycles. The van der Waals surface area contributed by atoms with Crippen LogP contribution in [0.25, 0.3) is 0 Å². The van der Waals surface area contributed by atoms with Gasteiger partial charge in [-0.05, 0) is 42.5 Å². The molecule has 0 aromatic heterocycles. The zero-order chi connectivity index (χ0) is 24.8. The number of fused-ring (bicyclic) bond motifs is 1. The van der Waals surface area contributed by atoms with Crippen molar-refractivity contribution in [2.75, 3.05) is 13.1 Å². The van der Waals surface area contributed by atoms with Crippen LogP contribution in [0.4, 0.5) is 4.79 Å². The normalized spacial score (nSPS) is 13.7. The largest absolute Gasteiger partial charge is 0.508 e. The van der Waals surface area contributed by atoms with Crippen LogP contribution in [0, 0.1) is 5.92 Å². The molecule has 0 bridgehead atoms. The second-order valence-electron chi connectivity index (χ2n) is 8.65. The van der Waals surface area contributed by atoms with Gasteiger partial charge in [0.1, 0.15) is 11.8 Å². The summed E-state index contributed by atoms with van der Waals surface area (Å²) in [5.74, 6) is -2.26. The van der Waals surface area contributed by atoms with Crippen LogP contribution in [-0.4, -0.2) is 63.0 Å². The van der Waals surface area contributed by atoms with Crippen molar-refractivity contribution < 1.29 is 29.4 Å². The van der Waals surface area contributed by atoms with E-state index in [9.17, 15) is 29.4 Å². The summed E-state index contributed by atoms with van der Waals surface area (Å²) >= 11 is 0. The van der Waals surface area contributed by atoms with Gasteiger partial charge in [-0.15, -0.1) is 0 Å². The van der Waals surface area contributed by atoms with Crippen molar-refractivity contribution in [2.24, 2.45) is 5.92 Å². The second-order valence-corrected chi connectivity index (χ2v) is 8.65. The minimum Gasteiger partial charge on any atom is -0.508 e. The van der Waals surface area contributed by atoms with E-state index in [1.807, 2.05) is 44.2 Å². The lowest BCUT2D eigenvalue weighted by molar-refractivity contribution is -0.142. The van der Waals surface area contributed by atoms with Crippen molar-refractivity contribution >= 4 is 23.8 Å². The number of benzene rings is 2. The Labute approximate surface area is 198 Å².